The van der Waals surface area contributed by atoms with Gasteiger partial charge in [0, 0.05) is 14.2 Å². The first-order chi connectivity index (χ1) is 8.93. The van der Waals surface area contributed by atoms with Crippen LogP contribution in [0.2, 0.25) is 0 Å². The molecule has 2 rings (SSSR count). The van der Waals surface area contributed by atoms with Crippen LogP contribution in [-0.4, -0.2) is 32.5 Å². The topological polar surface area (TPSA) is 90.5 Å². The van der Waals surface area contributed by atoms with Crippen LogP contribution in [0.5, 0.6) is 0 Å². The lowest BCUT2D eigenvalue weighted by Crippen LogP contribution is -2.19. The van der Waals surface area contributed by atoms with Gasteiger partial charge in [0.05, 0.1) is 23.6 Å². The normalized spacial score (nSPS) is 11.9. The number of sulfonamides is 1. The van der Waals surface area contributed by atoms with E-state index in [2.05, 4.69) is 4.72 Å². The van der Waals surface area contributed by atoms with E-state index in [0.717, 1.165) is 0 Å². The minimum atomic E-state index is -3.46. The number of hydrogen-bond donors (Lipinski definition) is 1. The number of oxazole rings is 1. The predicted octanol–water partition coefficient (Wildman–Crippen LogP) is 0.520. The number of hydrogen-bond acceptors (Lipinski definition) is 5. The van der Waals surface area contributed by atoms with Gasteiger partial charge in [-0.25, -0.2) is 13.2 Å². The van der Waals surface area contributed by atoms with Gasteiger partial charge in [0.1, 0.15) is 0 Å². The molecule has 1 N–H and O–H groups in total. The second kappa shape index (κ2) is 5.06. The highest BCUT2D eigenvalue weighted by atomic mass is 32.2. The molecule has 7 nitrogen and oxygen atoms in total. The molecule has 1 aromatic carbocycles. The molecule has 0 radical (unpaired) electrons. The van der Waals surface area contributed by atoms with Crippen LogP contribution in [0.15, 0.2) is 27.4 Å². The number of fused-ring (bicyclic) bond motifs is 1. The zero-order valence-corrected chi connectivity index (χ0v) is 11.4. The molecular formula is C11H14N2O5S. The van der Waals surface area contributed by atoms with Crippen molar-refractivity contribution < 1.29 is 17.6 Å². The summed E-state index contributed by atoms with van der Waals surface area (Å²) in [6.07, 6.45) is 0. The van der Waals surface area contributed by atoms with E-state index in [1.807, 2.05) is 0 Å². The summed E-state index contributed by atoms with van der Waals surface area (Å²) in [7, 11) is -0.478. The Morgan fingerprint density at radius 3 is 2.84 bits per heavy atom. The maximum atomic E-state index is 11.7. The molecule has 0 aliphatic carbocycles. The van der Waals surface area contributed by atoms with Gasteiger partial charge in [-0.2, -0.15) is 0 Å². The highest BCUT2D eigenvalue weighted by molar-refractivity contribution is 7.92. The molecule has 0 amide bonds. The van der Waals surface area contributed by atoms with Gasteiger partial charge in [-0.3, -0.25) is 9.29 Å². The maximum Gasteiger partial charge on any atom is 0.419 e. The van der Waals surface area contributed by atoms with Crippen molar-refractivity contribution in [3.05, 3.63) is 28.7 Å². The summed E-state index contributed by atoms with van der Waals surface area (Å²) in [4.78, 5) is 11.3. The molecule has 19 heavy (non-hydrogen) atoms. The summed E-state index contributed by atoms with van der Waals surface area (Å²) in [6.45, 7) is 0.113. The lowest BCUT2D eigenvalue weighted by atomic mass is 10.3. The zero-order chi connectivity index (χ0) is 14.0. The van der Waals surface area contributed by atoms with Crippen LogP contribution >= 0.6 is 0 Å². The fourth-order valence-electron chi connectivity index (χ4n) is 1.61. The first kappa shape index (κ1) is 13.6. The van der Waals surface area contributed by atoms with Gasteiger partial charge in [-0.05, 0) is 18.2 Å². The largest absolute Gasteiger partial charge is 0.419 e. The third-order valence-corrected chi connectivity index (χ3v) is 3.87. The van der Waals surface area contributed by atoms with Gasteiger partial charge < -0.3 is 9.15 Å². The Morgan fingerprint density at radius 2 is 2.16 bits per heavy atom. The van der Waals surface area contributed by atoms with Crippen molar-refractivity contribution in [3.63, 3.8) is 0 Å². The van der Waals surface area contributed by atoms with Crippen LogP contribution in [-0.2, 0) is 21.8 Å². The lowest BCUT2D eigenvalue weighted by molar-refractivity contribution is 0.217. The van der Waals surface area contributed by atoms with Gasteiger partial charge in [-0.1, -0.05) is 0 Å². The average Bonchev–Trinajstić information content (AvgIpc) is 2.63. The van der Waals surface area contributed by atoms with Crippen molar-refractivity contribution in [3.8, 4) is 0 Å². The van der Waals surface area contributed by atoms with E-state index >= 15 is 0 Å². The minimum absolute atomic E-state index is 0.113. The summed E-state index contributed by atoms with van der Waals surface area (Å²) in [5, 5.41) is 0. The molecule has 0 unspecified atom stereocenters. The van der Waals surface area contributed by atoms with Crippen LogP contribution in [0.1, 0.15) is 0 Å². The Labute approximate surface area is 109 Å². The summed E-state index contributed by atoms with van der Waals surface area (Å²) in [5.74, 6) is -0.624. The predicted molar refractivity (Wildman–Crippen MR) is 70.7 cm³/mol. The number of methoxy groups -OCH3 is 1. The van der Waals surface area contributed by atoms with E-state index in [9.17, 15) is 13.2 Å². The highest BCUT2D eigenvalue weighted by Gasteiger charge is 2.12. The van der Waals surface area contributed by atoms with Crippen molar-refractivity contribution in [2.45, 2.75) is 0 Å². The smallest absolute Gasteiger partial charge is 0.408 e. The summed E-state index contributed by atoms with van der Waals surface area (Å²) in [6, 6.07) is 4.63. The Bertz CT molecular complexity index is 744. The van der Waals surface area contributed by atoms with Crippen molar-refractivity contribution in [1.29, 1.82) is 0 Å². The molecule has 0 saturated carbocycles. The highest BCUT2D eigenvalue weighted by Crippen LogP contribution is 2.18. The first-order valence-electron chi connectivity index (χ1n) is 5.52. The number of nitrogens with zero attached hydrogens (tertiary/aromatic N) is 1. The van der Waals surface area contributed by atoms with Crippen LogP contribution in [0.3, 0.4) is 0 Å². The Kier molecular flexibility index (Phi) is 3.63. The Balaban J connectivity index is 2.31. The second-order valence-corrected chi connectivity index (χ2v) is 5.87. The molecule has 104 valence electrons. The van der Waals surface area contributed by atoms with E-state index in [1.54, 1.807) is 19.2 Å². The molecule has 0 spiro atoms. The van der Waals surface area contributed by atoms with Crippen LogP contribution < -0.4 is 10.5 Å². The average molecular weight is 286 g/mol. The Morgan fingerprint density at radius 1 is 1.42 bits per heavy atom. The molecule has 0 aliphatic heterocycles. The number of aryl methyl sites for hydroxylation is 1. The first-order valence-corrected chi connectivity index (χ1v) is 7.17. The van der Waals surface area contributed by atoms with Crippen molar-refractivity contribution >= 4 is 26.8 Å². The molecule has 1 aromatic heterocycles. The van der Waals surface area contributed by atoms with Gasteiger partial charge in [-0.15, -0.1) is 0 Å². The number of rotatable bonds is 5. The van der Waals surface area contributed by atoms with E-state index in [0.29, 0.717) is 16.8 Å². The Hall–Kier alpha value is -1.80. The van der Waals surface area contributed by atoms with Gasteiger partial charge in [0.2, 0.25) is 10.0 Å². The van der Waals surface area contributed by atoms with E-state index in [-0.39, 0.29) is 12.4 Å². The number of ether oxygens (including phenoxy) is 1. The minimum Gasteiger partial charge on any atom is -0.408 e. The molecule has 0 bridgehead atoms. The molecule has 0 fully saturated rings. The number of aromatic nitrogens is 1. The molecule has 2 aromatic rings. The number of anilines is 1. The fourth-order valence-corrected chi connectivity index (χ4v) is 2.59. The van der Waals surface area contributed by atoms with Crippen LogP contribution in [0.4, 0.5) is 5.69 Å². The quantitative estimate of drug-likeness (QED) is 0.865. The van der Waals surface area contributed by atoms with E-state index in [1.165, 1.54) is 17.7 Å². The van der Waals surface area contributed by atoms with Crippen molar-refractivity contribution in [1.82, 2.24) is 4.57 Å². The maximum absolute atomic E-state index is 11.7. The van der Waals surface area contributed by atoms with E-state index in [4.69, 9.17) is 9.15 Å². The molecule has 8 heteroatoms. The monoisotopic (exact) mass is 286 g/mol. The fraction of sp³-hybridized carbons (Fsp3) is 0.364. The van der Waals surface area contributed by atoms with Gasteiger partial charge in [0.15, 0.2) is 5.58 Å². The molecule has 0 saturated heterocycles. The van der Waals surface area contributed by atoms with Gasteiger partial charge in [0.25, 0.3) is 0 Å². The molecular weight excluding hydrogens is 272 g/mol. The zero-order valence-electron chi connectivity index (χ0n) is 10.5. The molecule has 1 heterocycles. The SMILES string of the molecule is COCCS(=O)(=O)Nc1ccc2oc(=O)n(C)c2c1. The van der Waals surface area contributed by atoms with Gasteiger partial charge >= 0.3 is 5.76 Å². The standard InChI is InChI=1S/C11H14N2O5S/c1-13-9-7-8(3-4-10(9)18-11(13)14)12-19(15,16)6-5-17-2/h3-4,7,12H,5-6H2,1-2H3. The number of nitrogens with one attached hydrogen (secondary N) is 1. The lowest BCUT2D eigenvalue weighted by Gasteiger charge is -2.07. The second-order valence-electron chi connectivity index (χ2n) is 4.02. The molecule has 0 aliphatic rings. The van der Waals surface area contributed by atoms with Crippen molar-refractivity contribution in [2.75, 3.05) is 24.2 Å². The summed E-state index contributed by atoms with van der Waals surface area (Å²) >= 11 is 0. The van der Waals surface area contributed by atoms with Crippen molar-refractivity contribution in [2.24, 2.45) is 7.05 Å². The van der Waals surface area contributed by atoms with Crippen LogP contribution in [0.25, 0.3) is 11.1 Å². The summed E-state index contributed by atoms with van der Waals surface area (Å²) < 4.78 is 36.8. The van der Waals surface area contributed by atoms with E-state index < -0.39 is 15.8 Å². The number of benzene rings is 1. The third-order valence-electron chi connectivity index (χ3n) is 2.62. The molecule has 0 atom stereocenters. The van der Waals surface area contributed by atoms with Crippen LogP contribution in [0, 0.1) is 0 Å². The third kappa shape index (κ3) is 2.96. The summed E-state index contributed by atoms with van der Waals surface area (Å²) in [5.41, 5.74) is 1.31.